The summed E-state index contributed by atoms with van der Waals surface area (Å²) >= 11 is 0. The number of methoxy groups -OCH3 is 1. The van der Waals surface area contributed by atoms with Crippen molar-refractivity contribution in [2.24, 2.45) is 0 Å². The minimum absolute atomic E-state index is 0.132. The summed E-state index contributed by atoms with van der Waals surface area (Å²) in [6.45, 7) is 4.31. The van der Waals surface area contributed by atoms with Crippen LogP contribution in [0.15, 0.2) is 30.6 Å². The summed E-state index contributed by atoms with van der Waals surface area (Å²) in [6.07, 6.45) is 2.56. The molecule has 8 nitrogen and oxygen atoms in total. The van der Waals surface area contributed by atoms with Gasteiger partial charge in [0.15, 0.2) is 5.78 Å². The number of nitrogens with zero attached hydrogens (tertiary/aromatic N) is 5. The lowest BCUT2D eigenvalue weighted by Crippen LogP contribution is -2.38. The van der Waals surface area contributed by atoms with E-state index in [0.29, 0.717) is 24.6 Å². The Balaban J connectivity index is 1.63. The van der Waals surface area contributed by atoms with Gasteiger partial charge in [0, 0.05) is 49.8 Å². The first kappa shape index (κ1) is 21.0. The molecular formula is C22H24FN5O3. The van der Waals surface area contributed by atoms with Crippen LogP contribution in [-0.2, 0) is 16.1 Å². The van der Waals surface area contributed by atoms with Crippen LogP contribution in [0.5, 0.6) is 0 Å². The van der Waals surface area contributed by atoms with Gasteiger partial charge in [0.1, 0.15) is 23.7 Å². The second-order valence-corrected chi connectivity index (χ2v) is 7.75. The van der Waals surface area contributed by atoms with Crippen LogP contribution in [0.2, 0.25) is 0 Å². The molecule has 1 aromatic carbocycles. The smallest absolute Gasteiger partial charge is 0.323 e. The average Bonchev–Trinajstić information content (AvgIpc) is 3.32. The van der Waals surface area contributed by atoms with Gasteiger partial charge in [0.25, 0.3) is 0 Å². The van der Waals surface area contributed by atoms with Crippen LogP contribution in [0.25, 0.3) is 22.0 Å². The molecule has 0 radical (unpaired) electrons. The molecular weight excluding hydrogens is 401 g/mol. The third-order valence-corrected chi connectivity index (χ3v) is 5.62. The minimum Gasteiger partial charge on any atom is -0.468 e. The fourth-order valence-electron chi connectivity index (χ4n) is 4.03. The summed E-state index contributed by atoms with van der Waals surface area (Å²) < 4.78 is 20.5. The van der Waals surface area contributed by atoms with E-state index in [2.05, 4.69) is 15.1 Å². The fourth-order valence-corrected chi connectivity index (χ4v) is 4.03. The quantitative estimate of drug-likeness (QED) is 0.443. The largest absolute Gasteiger partial charge is 0.468 e. The van der Waals surface area contributed by atoms with Gasteiger partial charge in [-0.3, -0.25) is 19.2 Å². The molecule has 31 heavy (non-hydrogen) atoms. The molecule has 2 aromatic heterocycles. The maximum absolute atomic E-state index is 13.9. The van der Waals surface area contributed by atoms with E-state index in [1.54, 1.807) is 22.0 Å². The number of carbonyl (C=O) groups excluding carboxylic acids is 2. The Bertz CT molecular complexity index is 1130. The highest BCUT2D eigenvalue weighted by Gasteiger charge is 2.37. The van der Waals surface area contributed by atoms with Crippen LogP contribution < -0.4 is 0 Å². The molecule has 4 rings (SSSR count). The number of rotatable bonds is 6. The van der Waals surface area contributed by atoms with Crippen LogP contribution >= 0.6 is 0 Å². The van der Waals surface area contributed by atoms with E-state index < -0.39 is 18.2 Å². The van der Waals surface area contributed by atoms with Crippen molar-refractivity contribution in [2.75, 3.05) is 20.2 Å². The number of aryl methyl sites for hydroxylation is 1. The molecule has 0 spiro atoms. The number of halogens is 1. The predicted octanol–water partition coefficient (Wildman–Crippen LogP) is 2.59. The second-order valence-electron chi connectivity index (χ2n) is 7.75. The molecule has 2 atom stereocenters. The number of ether oxygens (including phenoxy) is 1. The maximum atomic E-state index is 13.9. The number of esters is 1. The first-order valence-electron chi connectivity index (χ1n) is 10.1. The second kappa shape index (κ2) is 8.50. The lowest BCUT2D eigenvalue weighted by Gasteiger charge is -2.21. The van der Waals surface area contributed by atoms with Crippen LogP contribution in [0.3, 0.4) is 0 Å². The van der Waals surface area contributed by atoms with Crippen molar-refractivity contribution in [1.82, 2.24) is 24.6 Å². The van der Waals surface area contributed by atoms with Crippen molar-refractivity contribution in [2.45, 2.75) is 39.0 Å². The molecule has 0 bridgehead atoms. The molecule has 1 fully saturated rings. The summed E-state index contributed by atoms with van der Waals surface area (Å²) in [5.74, 6) is 0.114. The molecule has 162 valence electrons. The van der Waals surface area contributed by atoms with Gasteiger partial charge in [-0.1, -0.05) is 6.07 Å². The zero-order chi connectivity index (χ0) is 22.1. The molecule has 0 aliphatic carbocycles. The molecule has 3 heterocycles. The summed E-state index contributed by atoms with van der Waals surface area (Å²) in [4.78, 5) is 34.4. The average molecular weight is 425 g/mol. The SMILES string of the molecule is COC(=O)[C@H]1C[C@@H](F)CN1CCn1nc(C(C)=O)c2cc(-c3cnc(C)nc3)ccc21. The number of hydrogen-bond donors (Lipinski definition) is 0. The Morgan fingerprint density at radius 1 is 1.19 bits per heavy atom. The number of alkyl halides is 1. The van der Waals surface area contributed by atoms with Gasteiger partial charge in [-0.2, -0.15) is 5.10 Å². The fraction of sp³-hybridized carbons (Fsp3) is 0.409. The van der Waals surface area contributed by atoms with E-state index in [1.807, 2.05) is 25.1 Å². The van der Waals surface area contributed by atoms with Crippen LogP contribution in [0, 0.1) is 6.92 Å². The highest BCUT2D eigenvalue weighted by atomic mass is 19.1. The lowest BCUT2D eigenvalue weighted by atomic mass is 10.0. The van der Waals surface area contributed by atoms with Gasteiger partial charge >= 0.3 is 5.97 Å². The highest BCUT2D eigenvalue weighted by Crippen LogP contribution is 2.27. The first-order chi connectivity index (χ1) is 14.9. The van der Waals surface area contributed by atoms with E-state index in [-0.39, 0.29) is 18.7 Å². The zero-order valence-electron chi connectivity index (χ0n) is 17.7. The van der Waals surface area contributed by atoms with Crippen molar-refractivity contribution in [3.8, 4) is 11.1 Å². The molecule has 1 aliphatic rings. The van der Waals surface area contributed by atoms with Crippen molar-refractivity contribution < 1.29 is 18.7 Å². The van der Waals surface area contributed by atoms with E-state index in [0.717, 1.165) is 22.0 Å². The van der Waals surface area contributed by atoms with Gasteiger partial charge < -0.3 is 4.74 Å². The number of carbonyl (C=O) groups is 2. The number of hydrogen-bond acceptors (Lipinski definition) is 7. The monoisotopic (exact) mass is 425 g/mol. The lowest BCUT2D eigenvalue weighted by molar-refractivity contribution is -0.145. The molecule has 0 saturated carbocycles. The third kappa shape index (κ3) is 4.18. The normalized spacial score (nSPS) is 19.1. The Labute approximate surface area is 179 Å². The van der Waals surface area contributed by atoms with Crippen LogP contribution in [-0.4, -0.2) is 68.8 Å². The molecule has 9 heteroatoms. The summed E-state index contributed by atoms with van der Waals surface area (Å²) in [5, 5.41) is 5.24. The van der Waals surface area contributed by atoms with Crippen molar-refractivity contribution in [3.05, 3.63) is 42.1 Å². The van der Waals surface area contributed by atoms with Crippen molar-refractivity contribution >= 4 is 22.7 Å². The van der Waals surface area contributed by atoms with Crippen LogP contribution in [0.1, 0.15) is 29.7 Å². The number of Topliss-reactive ketones (excluding diaryl/α,β-unsaturated/α-hetero) is 1. The Hall–Kier alpha value is -3.20. The van der Waals surface area contributed by atoms with Gasteiger partial charge in [0.2, 0.25) is 0 Å². The summed E-state index contributed by atoms with van der Waals surface area (Å²) in [5.41, 5.74) is 2.91. The molecule has 1 aliphatic heterocycles. The van der Waals surface area contributed by atoms with E-state index in [9.17, 15) is 14.0 Å². The number of ketones is 1. The summed E-state index contributed by atoms with van der Waals surface area (Å²) in [7, 11) is 1.31. The van der Waals surface area contributed by atoms with Crippen molar-refractivity contribution in [3.63, 3.8) is 0 Å². The Morgan fingerprint density at radius 3 is 2.61 bits per heavy atom. The topological polar surface area (TPSA) is 90.2 Å². The number of likely N-dealkylation sites (tertiary alicyclic amines) is 1. The van der Waals surface area contributed by atoms with Crippen molar-refractivity contribution in [1.29, 1.82) is 0 Å². The standard InChI is InChI=1S/C22H24FN5O3/c1-13(29)21-18-8-15(16-10-24-14(2)25-11-16)4-5-19(18)28(26-21)7-6-27-12-17(23)9-20(27)22(30)31-3/h4-5,8,10-11,17,20H,6-7,9,12H2,1-3H3/t17-,20-/m1/s1. The Kier molecular flexibility index (Phi) is 5.77. The zero-order valence-corrected chi connectivity index (χ0v) is 17.7. The number of aromatic nitrogens is 4. The summed E-state index contributed by atoms with van der Waals surface area (Å²) in [6, 6.07) is 5.16. The predicted molar refractivity (Wildman–Crippen MR) is 112 cm³/mol. The van der Waals surface area contributed by atoms with Gasteiger partial charge in [-0.15, -0.1) is 0 Å². The van der Waals surface area contributed by atoms with E-state index >= 15 is 0 Å². The third-order valence-electron chi connectivity index (χ3n) is 5.62. The van der Waals surface area contributed by atoms with Gasteiger partial charge in [-0.05, 0) is 24.6 Å². The minimum atomic E-state index is -1.06. The van der Waals surface area contributed by atoms with Crippen LogP contribution in [0.4, 0.5) is 4.39 Å². The van der Waals surface area contributed by atoms with E-state index in [1.165, 1.54) is 14.0 Å². The molecule has 3 aromatic rings. The van der Waals surface area contributed by atoms with E-state index in [4.69, 9.17) is 4.74 Å². The molecule has 0 amide bonds. The first-order valence-corrected chi connectivity index (χ1v) is 10.1. The number of benzene rings is 1. The number of fused-ring (bicyclic) bond motifs is 1. The maximum Gasteiger partial charge on any atom is 0.323 e. The molecule has 0 N–H and O–H groups in total. The molecule has 1 saturated heterocycles. The molecule has 0 unspecified atom stereocenters. The van der Waals surface area contributed by atoms with Gasteiger partial charge in [0.05, 0.1) is 19.2 Å². The van der Waals surface area contributed by atoms with Gasteiger partial charge in [-0.25, -0.2) is 14.4 Å². The Morgan fingerprint density at radius 2 is 1.94 bits per heavy atom. The highest BCUT2D eigenvalue weighted by molar-refractivity contribution is 6.05.